The van der Waals surface area contributed by atoms with Gasteiger partial charge in [-0.15, -0.1) is 0 Å². The van der Waals surface area contributed by atoms with Gasteiger partial charge in [0.2, 0.25) is 0 Å². The molecule has 1 N–H and O–H groups in total. The van der Waals surface area contributed by atoms with Crippen LogP contribution >= 0.6 is 0 Å². The molecule has 0 unspecified atom stereocenters. The van der Waals surface area contributed by atoms with Crippen molar-refractivity contribution >= 4 is 32.5 Å². The van der Waals surface area contributed by atoms with Crippen molar-refractivity contribution in [3.8, 4) is 0 Å². The smallest absolute Gasteiger partial charge is 0.261 e. The van der Waals surface area contributed by atoms with Crippen LogP contribution in [0.4, 0.5) is 0 Å². The highest BCUT2D eigenvalue weighted by molar-refractivity contribution is 6.99. The van der Waals surface area contributed by atoms with Crippen LogP contribution in [0.3, 0.4) is 0 Å². The number of allylic oxidation sites excluding steroid dienone is 1. The van der Waals surface area contributed by atoms with Crippen molar-refractivity contribution in [1.82, 2.24) is 0 Å². The molecule has 222 valence electrons. The molecule has 1 fully saturated rings. The van der Waals surface area contributed by atoms with Crippen molar-refractivity contribution in [3.63, 3.8) is 0 Å². The molecule has 0 amide bonds. The fraction of sp³-hybridized carbons (Fsp3) is 0.417. The summed E-state index contributed by atoms with van der Waals surface area (Å²) in [4.78, 5) is 13.6. The molecule has 3 aromatic carbocycles. The van der Waals surface area contributed by atoms with Crippen LogP contribution in [0.25, 0.3) is 0 Å². The predicted molar refractivity (Wildman–Crippen MR) is 176 cm³/mol. The van der Waals surface area contributed by atoms with Crippen molar-refractivity contribution < 1.29 is 19.1 Å². The average molecular weight is 599 g/mol. The van der Waals surface area contributed by atoms with Crippen LogP contribution in [0.15, 0.2) is 102 Å². The summed E-state index contributed by atoms with van der Waals surface area (Å²) in [6, 6.07) is 31.4. The summed E-state index contributed by atoms with van der Waals surface area (Å²) >= 11 is 0. The first-order chi connectivity index (χ1) is 19.9. The zero-order valence-electron chi connectivity index (χ0n) is 26.0. The van der Waals surface area contributed by atoms with Gasteiger partial charge in [-0.25, -0.2) is 0 Å². The van der Waals surface area contributed by atoms with Gasteiger partial charge in [0.15, 0.2) is 5.78 Å². The lowest BCUT2D eigenvalue weighted by atomic mass is 9.74. The molecule has 42 heavy (non-hydrogen) atoms. The van der Waals surface area contributed by atoms with Gasteiger partial charge in [-0.3, -0.25) is 4.79 Å². The average Bonchev–Trinajstić information content (AvgIpc) is 3.30. The van der Waals surface area contributed by atoms with Gasteiger partial charge in [0.05, 0.1) is 26.9 Å². The van der Waals surface area contributed by atoms with Crippen LogP contribution in [-0.4, -0.2) is 46.1 Å². The molecule has 2 aliphatic carbocycles. The largest absolute Gasteiger partial charge is 0.407 e. The normalized spacial score (nSPS) is 23.3. The SMILES string of the molecule is CC(C)(C)[Si](OC[C@@H]1[C@@H](O)[C@H](OCc2ccccc2)CC2=C([Si](C)(C)C)C(=O)C[C@@H]21)(c1ccccc1)c1ccccc1. The van der Waals surface area contributed by atoms with Gasteiger partial charge in [-0.2, -0.15) is 0 Å². The second-order valence-corrected chi connectivity index (χ2v) is 23.4. The Labute approximate surface area is 253 Å². The zero-order valence-corrected chi connectivity index (χ0v) is 28.0. The highest BCUT2D eigenvalue weighted by Crippen LogP contribution is 2.48. The first kappa shape index (κ1) is 30.8. The van der Waals surface area contributed by atoms with Crippen LogP contribution in [0.5, 0.6) is 0 Å². The van der Waals surface area contributed by atoms with Crippen LogP contribution in [0, 0.1) is 11.8 Å². The quantitative estimate of drug-likeness (QED) is 0.294. The summed E-state index contributed by atoms with van der Waals surface area (Å²) in [6.45, 7) is 14.4. The molecule has 0 aromatic heterocycles. The Balaban J connectivity index is 1.54. The Bertz CT molecular complexity index is 1350. The number of ether oxygens (including phenoxy) is 1. The van der Waals surface area contributed by atoms with Gasteiger partial charge in [-0.05, 0) is 38.5 Å². The lowest BCUT2D eigenvalue weighted by molar-refractivity contribution is -0.117. The number of rotatable bonds is 9. The zero-order chi connectivity index (χ0) is 30.1. The maximum Gasteiger partial charge on any atom is 0.261 e. The van der Waals surface area contributed by atoms with Crippen molar-refractivity contribution in [1.29, 1.82) is 0 Å². The van der Waals surface area contributed by atoms with Crippen molar-refractivity contribution in [2.24, 2.45) is 11.8 Å². The molecule has 1 saturated carbocycles. The number of benzene rings is 3. The number of carbonyl (C=O) groups is 1. The Morgan fingerprint density at radius 2 is 1.33 bits per heavy atom. The minimum Gasteiger partial charge on any atom is -0.407 e. The molecule has 0 radical (unpaired) electrons. The number of fused-ring (bicyclic) bond motifs is 1. The molecule has 2 aliphatic rings. The number of hydrogen-bond acceptors (Lipinski definition) is 4. The lowest BCUT2D eigenvalue weighted by Crippen LogP contribution is -2.67. The third-order valence-electron chi connectivity index (χ3n) is 9.18. The summed E-state index contributed by atoms with van der Waals surface area (Å²) in [5, 5.41) is 15.3. The van der Waals surface area contributed by atoms with Crippen LogP contribution in [0.2, 0.25) is 24.7 Å². The Morgan fingerprint density at radius 3 is 1.83 bits per heavy atom. The van der Waals surface area contributed by atoms with Gasteiger partial charge in [0.25, 0.3) is 8.32 Å². The van der Waals surface area contributed by atoms with Crippen molar-refractivity contribution in [2.45, 2.75) is 77.1 Å². The number of Topliss-reactive ketones (excluding diaryl/α,β-unsaturated/α-hetero) is 1. The second-order valence-electron chi connectivity index (χ2n) is 14.1. The molecule has 3 aromatic rings. The van der Waals surface area contributed by atoms with Gasteiger partial charge < -0.3 is 14.3 Å². The molecule has 4 nitrogen and oxygen atoms in total. The molecular weight excluding hydrogens is 553 g/mol. The van der Waals surface area contributed by atoms with Crippen LogP contribution in [-0.2, 0) is 20.6 Å². The van der Waals surface area contributed by atoms with E-state index in [2.05, 4.69) is 101 Å². The standard InChI is InChI=1S/C36H46O4Si2/c1-36(2,3)42(27-18-12-8-13-19-27,28-20-14-9-15-21-28)40-25-31-29-22-32(37)35(41(4,5)6)30(29)23-33(34(31)38)39-24-26-16-10-7-11-17-26/h7-21,29,31,33-34,38H,22-25H2,1-6H3/t29-,31-,33+,34+/m0/s1. The number of aliphatic hydroxyl groups excluding tert-OH is 1. The molecule has 6 heteroatoms. The van der Waals surface area contributed by atoms with E-state index in [1.54, 1.807) is 0 Å². The van der Waals surface area contributed by atoms with E-state index in [0.29, 0.717) is 26.1 Å². The molecule has 4 atom stereocenters. The number of hydrogen-bond donors (Lipinski definition) is 1. The topological polar surface area (TPSA) is 55.8 Å². The summed E-state index contributed by atoms with van der Waals surface area (Å²) in [5.41, 5.74) is 2.30. The molecule has 0 bridgehead atoms. The van der Waals surface area contributed by atoms with Gasteiger partial charge >= 0.3 is 0 Å². The highest BCUT2D eigenvalue weighted by atomic mass is 28.4. The van der Waals surface area contributed by atoms with E-state index in [4.69, 9.17) is 9.16 Å². The number of aliphatic hydroxyl groups is 1. The Hall–Kier alpha value is -2.62. The van der Waals surface area contributed by atoms with E-state index in [1.807, 2.05) is 30.3 Å². The summed E-state index contributed by atoms with van der Waals surface area (Å²) in [7, 11) is -4.71. The monoisotopic (exact) mass is 598 g/mol. The van der Waals surface area contributed by atoms with E-state index in [-0.39, 0.29) is 28.8 Å². The molecule has 0 saturated heterocycles. The first-order valence-corrected chi connectivity index (χ1v) is 20.7. The highest BCUT2D eigenvalue weighted by Gasteiger charge is 2.54. The van der Waals surface area contributed by atoms with Gasteiger partial charge in [0, 0.05) is 18.9 Å². The summed E-state index contributed by atoms with van der Waals surface area (Å²) in [6.07, 6.45) is -0.0396. The third-order valence-corrected chi connectivity index (χ3v) is 16.3. The number of ketones is 1. The van der Waals surface area contributed by atoms with E-state index < -0.39 is 22.5 Å². The predicted octanol–water partition coefficient (Wildman–Crippen LogP) is 6.29. The third kappa shape index (κ3) is 5.93. The van der Waals surface area contributed by atoms with Crippen molar-refractivity contribution in [2.75, 3.05) is 6.61 Å². The van der Waals surface area contributed by atoms with E-state index in [1.165, 1.54) is 15.9 Å². The first-order valence-electron chi connectivity index (χ1n) is 15.3. The maximum atomic E-state index is 13.6. The summed E-state index contributed by atoms with van der Waals surface area (Å²) < 4.78 is 13.8. The Morgan fingerprint density at radius 1 is 0.810 bits per heavy atom. The second kappa shape index (κ2) is 12.2. The van der Waals surface area contributed by atoms with Gasteiger partial charge in [0.1, 0.15) is 0 Å². The van der Waals surface area contributed by atoms with Gasteiger partial charge in [-0.1, -0.05) is 137 Å². The van der Waals surface area contributed by atoms with E-state index >= 15 is 0 Å². The maximum absolute atomic E-state index is 13.6. The Kier molecular flexibility index (Phi) is 8.94. The fourth-order valence-corrected chi connectivity index (χ4v) is 14.1. The lowest BCUT2D eigenvalue weighted by Gasteiger charge is -2.46. The van der Waals surface area contributed by atoms with Crippen LogP contribution in [0.1, 0.15) is 39.2 Å². The van der Waals surface area contributed by atoms with E-state index in [9.17, 15) is 9.90 Å². The molecular formula is C36H46O4Si2. The minimum absolute atomic E-state index is 0.0102. The fourth-order valence-electron chi connectivity index (χ4n) is 7.34. The number of carbonyl (C=O) groups excluding carboxylic acids is 1. The minimum atomic E-state index is -2.81. The van der Waals surface area contributed by atoms with Crippen LogP contribution < -0.4 is 10.4 Å². The molecule has 0 heterocycles. The molecule has 5 rings (SSSR count). The molecule has 0 aliphatic heterocycles. The molecule has 0 spiro atoms. The summed E-state index contributed by atoms with van der Waals surface area (Å²) in [5.74, 6) is 0.0264. The van der Waals surface area contributed by atoms with E-state index in [0.717, 1.165) is 10.8 Å². The van der Waals surface area contributed by atoms with Crippen molar-refractivity contribution in [3.05, 3.63) is 107 Å².